The van der Waals surface area contributed by atoms with Gasteiger partial charge in [-0.05, 0) is 61.7 Å². The van der Waals surface area contributed by atoms with Gasteiger partial charge in [-0.2, -0.15) is 0 Å². The third-order valence-electron chi connectivity index (χ3n) is 5.56. The summed E-state index contributed by atoms with van der Waals surface area (Å²) in [7, 11) is 0. The number of hydrogen-bond donors (Lipinski definition) is 1. The average molecular weight is 463 g/mol. The van der Waals surface area contributed by atoms with Gasteiger partial charge in [0.05, 0.1) is 5.75 Å². The summed E-state index contributed by atoms with van der Waals surface area (Å²) in [6.07, 6.45) is 5.41. The van der Waals surface area contributed by atoms with Gasteiger partial charge in [0.15, 0.2) is 0 Å². The predicted octanol–water partition coefficient (Wildman–Crippen LogP) is 5.44. The molecule has 1 saturated carbocycles. The minimum absolute atomic E-state index is 0.140. The molecule has 1 atom stereocenters. The number of carbonyl (C=O) groups is 2. The number of rotatable bonds is 8. The number of halogens is 2. The van der Waals surface area contributed by atoms with Crippen LogP contribution in [-0.4, -0.2) is 34.6 Å². The molecule has 0 spiro atoms. The maximum absolute atomic E-state index is 13.3. The third kappa shape index (κ3) is 7.25. The Morgan fingerprint density at radius 3 is 2.39 bits per heavy atom. The van der Waals surface area contributed by atoms with Crippen molar-refractivity contribution in [2.24, 2.45) is 0 Å². The van der Waals surface area contributed by atoms with Gasteiger partial charge in [-0.15, -0.1) is 11.8 Å². The lowest BCUT2D eigenvalue weighted by atomic mass is 9.95. The Labute approximate surface area is 192 Å². The van der Waals surface area contributed by atoms with Crippen LogP contribution in [0, 0.1) is 5.82 Å². The van der Waals surface area contributed by atoms with Crippen molar-refractivity contribution in [3.05, 3.63) is 64.9 Å². The Morgan fingerprint density at radius 1 is 1.10 bits per heavy atom. The van der Waals surface area contributed by atoms with Crippen LogP contribution in [0.1, 0.15) is 44.6 Å². The van der Waals surface area contributed by atoms with E-state index in [0.29, 0.717) is 5.02 Å². The molecular weight excluding hydrogens is 435 g/mol. The van der Waals surface area contributed by atoms with Crippen molar-refractivity contribution in [1.82, 2.24) is 10.2 Å². The van der Waals surface area contributed by atoms with E-state index in [1.807, 2.05) is 12.1 Å². The molecule has 7 heteroatoms. The summed E-state index contributed by atoms with van der Waals surface area (Å²) < 4.78 is 13.3. The van der Waals surface area contributed by atoms with Crippen molar-refractivity contribution in [2.75, 3.05) is 5.75 Å². The number of nitrogens with zero attached hydrogens (tertiary/aromatic N) is 1. The molecule has 2 amide bonds. The van der Waals surface area contributed by atoms with Gasteiger partial charge in [0, 0.05) is 22.5 Å². The summed E-state index contributed by atoms with van der Waals surface area (Å²) in [5.41, 5.74) is 0.781. The van der Waals surface area contributed by atoms with Gasteiger partial charge in [-0.1, -0.05) is 43.0 Å². The average Bonchev–Trinajstić information content (AvgIpc) is 2.78. The molecule has 1 aliphatic carbocycles. The van der Waals surface area contributed by atoms with Gasteiger partial charge in [-0.3, -0.25) is 9.59 Å². The molecule has 0 heterocycles. The second-order valence-electron chi connectivity index (χ2n) is 7.91. The first-order valence-corrected chi connectivity index (χ1v) is 12.0. The summed E-state index contributed by atoms with van der Waals surface area (Å²) in [6.45, 7) is 2.01. The molecule has 0 saturated heterocycles. The highest BCUT2D eigenvalue weighted by Gasteiger charge is 2.28. The van der Waals surface area contributed by atoms with Crippen LogP contribution in [0.5, 0.6) is 0 Å². The van der Waals surface area contributed by atoms with Crippen LogP contribution >= 0.6 is 23.4 Å². The van der Waals surface area contributed by atoms with E-state index < -0.39 is 6.04 Å². The van der Waals surface area contributed by atoms with Crippen molar-refractivity contribution >= 4 is 35.2 Å². The van der Waals surface area contributed by atoms with Gasteiger partial charge >= 0.3 is 0 Å². The summed E-state index contributed by atoms with van der Waals surface area (Å²) in [6, 6.07) is 12.9. The molecule has 166 valence electrons. The molecule has 0 aliphatic heterocycles. The molecule has 3 rings (SSSR count). The smallest absolute Gasteiger partial charge is 0.242 e. The van der Waals surface area contributed by atoms with Crippen LogP contribution in [0.4, 0.5) is 4.39 Å². The van der Waals surface area contributed by atoms with Gasteiger partial charge in [0.2, 0.25) is 11.8 Å². The van der Waals surface area contributed by atoms with Crippen molar-refractivity contribution in [1.29, 1.82) is 0 Å². The highest BCUT2D eigenvalue weighted by molar-refractivity contribution is 8.00. The molecule has 4 nitrogen and oxygen atoms in total. The molecule has 0 aromatic heterocycles. The monoisotopic (exact) mass is 462 g/mol. The number of carbonyl (C=O) groups excluding carboxylic acids is 2. The Bertz CT molecular complexity index is 870. The normalized spacial score (nSPS) is 15.3. The van der Waals surface area contributed by atoms with Crippen LogP contribution in [-0.2, 0) is 16.1 Å². The first-order valence-electron chi connectivity index (χ1n) is 10.6. The van der Waals surface area contributed by atoms with Crippen molar-refractivity contribution in [3.63, 3.8) is 0 Å². The van der Waals surface area contributed by atoms with Crippen LogP contribution in [0.2, 0.25) is 5.02 Å². The second kappa shape index (κ2) is 11.5. The Balaban J connectivity index is 1.69. The summed E-state index contributed by atoms with van der Waals surface area (Å²) in [5, 5.41) is 3.75. The summed E-state index contributed by atoms with van der Waals surface area (Å²) in [4.78, 5) is 28.6. The van der Waals surface area contributed by atoms with Crippen LogP contribution < -0.4 is 5.32 Å². The maximum Gasteiger partial charge on any atom is 0.242 e. The highest BCUT2D eigenvalue weighted by Crippen LogP contribution is 2.22. The van der Waals surface area contributed by atoms with Crippen LogP contribution in [0.3, 0.4) is 0 Å². The van der Waals surface area contributed by atoms with Gasteiger partial charge in [-0.25, -0.2) is 4.39 Å². The molecule has 31 heavy (non-hydrogen) atoms. The van der Waals surface area contributed by atoms with E-state index in [2.05, 4.69) is 5.32 Å². The van der Waals surface area contributed by atoms with E-state index in [0.717, 1.165) is 36.1 Å². The molecular formula is C24H28ClFN2O2S. The predicted molar refractivity (Wildman–Crippen MR) is 124 cm³/mol. The highest BCUT2D eigenvalue weighted by atomic mass is 35.5. The molecule has 2 aromatic rings. The van der Waals surface area contributed by atoms with Crippen molar-refractivity contribution in [2.45, 2.75) is 62.6 Å². The molecule has 0 bridgehead atoms. The summed E-state index contributed by atoms with van der Waals surface area (Å²) >= 11 is 7.33. The largest absolute Gasteiger partial charge is 0.352 e. The van der Waals surface area contributed by atoms with E-state index >= 15 is 0 Å². The minimum atomic E-state index is -0.620. The number of thioether (sulfide) groups is 1. The Kier molecular flexibility index (Phi) is 8.79. The topological polar surface area (TPSA) is 49.4 Å². The molecule has 1 N–H and O–H groups in total. The molecule has 2 aromatic carbocycles. The fourth-order valence-corrected chi connectivity index (χ4v) is 4.61. The Morgan fingerprint density at radius 2 is 1.74 bits per heavy atom. The fraction of sp³-hybridized carbons (Fsp3) is 0.417. The SMILES string of the molecule is CC(C(=O)NC1CCCCC1)N(Cc1ccc(F)cc1)C(=O)CSc1ccc(Cl)cc1. The zero-order chi connectivity index (χ0) is 22.2. The van der Waals surface area contributed by atoms with Gasteiger partial charge in [0.1, 0.15) is 11.9 Å². The minimum Gasteiger partial charge on any atom is -0.352 e. The number of amides is 2. The third-order valence-corrected chi connectivity index (χ3v) is 6.81. The number of benzene rings is 2. The van der Waals surface area contributed by atoms with Crippen molar-refractivity contribution < 1.29 is 14.0 Å². The molecule has 0 radical (unpaired) electrons. The first kappa shape index (κ1) is 23.6. The molecule has 1 aliphatic rings. The standard InChI is InChI=1S/C24H28ClFN2O2S/c1-17(24(30)27-21-5-3-2-4-6-21)28(15-18-7-11-20(26)12-8-18)23(29)16-31-22-13-9-19(25)10-14-22/h7-14,17,21H,2-6,15-16H2,1H3,(H,27,30). The van der Waals surface area contributed by atoms with E-state index in [-0.39, 0.29) is 36.0 Å². The van der Waals surface area contributed by atoms with E-state index in [9.17, 15) is 14.0 Å². The zero-order valence-corrected chi connectivity index (χ0v) is 19.2. The zero-order valence-electron chi connectivity index (χ0n) is 17.7. The Hall–Kier alpha value is -2.05. The fourth-order valence-electron chi connectivity index (χ4n) is 3.70. The number of hydrogen-bond acceptors (Lipinski definition) is 3. The quantitative estimate of drug-likeness (QED) is 0.531. The van der Waals surface area contributed by atoms with Crippen LogP contribution in [0.15, 0.2) is 53.4 Å². The van der Waals surface area contributed by atoms with Gasteiger partial charge in [0.25, 0.3) is 0 Å². The lowest BCUT2D eigenvalue weighted by Gasteiger charge is -2.31. The van der Waals surface area contributed by atoms with E-state index in [1.54, 1.807) is 36.1 Å². The summed E-state index contributed by atoms with van der Waals surface area (Å²) in [5.74, 6) is -0.415. The van der Waals surface area contributed by atoms with Gasteiger partial charge < -0.3 is 10.2 Å². The lowest BCUT2D eigenvalue weighted by molar-refractivity contribution is -0.139. The lowest BCUT2D eigenvalue weighted by Crippen LogP contribution is -2.50. The van der Waals surface area contributed by atoms with Crippen molar-refractivity contribution in [3.8, 4) is 0 Å². The molecule has 1 unspecified atom stereocenters. The van der Waals surface area contributed by atoms with E-state index in [4.69, 9.17) is 11.6 Å². The van der Waals surface area contributed by atoms with Crippen LogP contribution in [0.25, 0.3) is 0 Å². The molecule has 1 fully saturated rings. The maximum atomic E-state index is 13.3. The van der Waals surface area contributed by atoms with E-state index in [1.165, 1.54) is 30.3 Å². The second-order valence-corrected chi connectivity index (χ2v) is 9.40. The first-order chi connectivity index (χ1) is 14.9. The number of nitrogens with one attached hydrogen (secondary N) is 1.